The first-order valence-corrected chi connectivity index (χ1v) is 5.75. The van der Waals surface area contributed by atoms with Crippen LogP contribution in [0.3, 0.4) is 0 Å². The van der Waals surface area contributed by atoms with Gasteiger partial charge in [-0.05, 0) is 19.1 Å². The van der Waals surface area contributed by atoms with E-state index in [0.717, 1.165) is 11.3 Å². The Morgan fingerprint density at radius 3 is 3.06 bits per heavy atom. The predicted octanol–water partition coefficient (Wildman–Crippen LogP) is 1.14. The number of aromatic nitrogens is 2. The van der Waals surface area contributed by atoms with Crippen LogP contribution >= 0.6 is 0 Å². The summed E-state index contributed by atoms with van der Waals surface area (Å²) >= 11 is 0. The first-order valence-electron chi connectivity index (χ1n) is 5.75. The Labute approximate surface area is 107 Å². The van der Waals surface area contributed by atoms with Gasteiger partial charge in [-0.25, -0.2) is 0 Å². The van der Waals surface area contributed by atoms with E-state index in [9.17, 15) is 4.79 Å². The van der Waals surface area contributed by atoms with Crippen molar-refractivity contribution >= 4 is 12.0 Å². The lowest BCUT2D eigenvalue weighted by Crippen LogP contribution is -2.25. The molecule has 1 heterocycles. The Morgan fingerprint density at radius 1 is 1.67 bits per heavy atom. The van der Waals surface area contributed by atoms with E-state index in [1.54, 1.807) is 17.0 Å². The van der Waals surface area contributed by atoms with Crippen LogP contribution in [-0.2, 0) is 16.6 Å². The summed E-state index contributed by atoms with van der Waals surface area (Å²) in [6, 6.07) is 1.83. The number of nitrogens with one attached hydrogen (secondary N) is 1. The van der Waals surface area contributed by atoms with Crippen molar-refractivity contribution in [2.45, 2.75) is 6.92 Å². The maximum absolute atomic E-state index is 11.4. The number of rotatable bonds is 7. The molecule has 98 valence electrons. The van der Waals surface area contributed by atoms with Gasteiger partial charge in [-0.2, -0.15) is 5.10 Å². The SMILES string of the molecule is C=C(C)COCCNC(=O)/C=C/c1ccnn1C. The summed E-state index contributed by atoms with van der Waals surface area (Å²) in [5.41, 5.74) is 1.85. The average molecular weight is 249 g/mol. The molecule has 18 heavy (non-hydrogen) atoms. The summed E-state index contributed by atoms with van der Waals surface area (Å²) in [7, 11) is 1.82. The number of aryl methyl sites for hydroxylation is 1. The largest absolute Gasteiger partial charge is 0.375 e. The van der Waals surface area contributed by atoms with Gasteiger partial charge < -0.3 is 10.1 Å². The van der Waals surface area contributed by atoms with Gasteiger partial charge in [-0.15, -0.1) is 0 Å². The normalized spacial score (nSPS) is 10.8. The van der Waals surface area contributed by atoms with E-state index < -0.39 is 0 Å². The lowest BCUT2D eigenvalue weighted by molar-refractivity contribution is -0.116. The lowest BCUT2D eigenvalue weighted by Gasteiger charge is -2.04. The summed E-state index contributed by atoms with van der Waals surface area (Å²) in [6.07, 6.45) is 4.88. The van der Waals surface area contributed by atoms with Gasteiger partial charge >= 0.3 is 0 Å². The second kappa shape index (κ2) is 7.45. The zero-order chi connectivity index (χ0) is 13.4. The third-order valence-electron chi connectivity index (χ3n) is 2.16. The van der Waals surface area contributed by atoms with E-state index >= 15 is 0 Å². The molecule has 1 aromatic heterocycles. The molecule has 0 fully saturated rings. The molecule has 0 atom stereocenters. The summed E-state index contributed by atoms with van der Waals surface area (Å²) < 4.78 is 6.96. The van der Waals surface area contributed by atoms with Gasteiger partial charge in [-0.3, -0.25) is 9.48 Å². The molecule has 0 aromatic carbocycles. The number of amides is 1. The highest BCUT2D eigenvalue weighted by Gasteiger charge is 1.97. The zero-order valence-electron chi connectivity index (χ0n) is 10.8. The molecule has 0 aliphatic heterocycles. The van der Waals surface area contributed by atoms with Crippen LogP contribution in [-0.4, -0.2) is 35.4 Å². The molecule has 1 amide bonds. The third-order valence-corrected chi connectivity index (χ3v) is 2.16. The summed E-state index contributed by atoms with van der Waals surface area (Å²) in [4.78, 5) is 11.4. The van der Waals surface area contributed by atoms with Crippen LogP contribution in [0.4, 0.5) is 0 Å². The lowest BCUT2D eigenvalue weighted by atomic mass is 10.3. The highest BCUT2D eigenvalue weighted by molar-refractivity contribution is 5.91. The minimum Gasteiger partial charge on any atom is -0.375 e. The minimum atomic E-state index is -0.143. The van der Waals surface area contributed by atoms with E-state index in [0.29, 0.717) is 19.8 Å². The summed E-state index contributed by atoms with van der Waals surface area (Å²) in [6.45, 7) is 7.12. The van der Waals surface area contributed by atoms with Crippen LogP contribution in [0.2, 0.25) is 0 Å². The average Bonchev–Trinajstić information content (AvgIpc) is 2.71. The molecule has 0 saturated heterocycles. The van der Waals surface area contributed by atoms with Crippen molar-refractivity contribution in [1.82, 2.24) is 15.1 Å². The molecule has 0 bridgehead atoms. The molecule has 1 N–H and O–H groups in total. The van der Waals surface area contributed by atoms with E-state index in [4.69, 9.17) is 4.74 Å². The number of carbonyl (C=O) groups excluding carboxylic acids is 1. The van der Waals surface area contributed by atoms with Crippen molar-refractivity contribution in [3.8, 4) is 0 Å². The Kier molecular flexibility index (Phi) is 5.87. The molecule has 0 radical (unpaired) electrons. The number of hydrogen-bond acceptors (Lipinski definition) is 3. The highest BCUT2D eigenvalue weighted by atomic mass is 16.5. The number of carbonyl (C=O) groups is 1. The minimum absolute atomic E-state index is 0.143. The fraction of sp³-hybridized carbons (Fsp3) is 0.385. The van der Waals surface area contributed by atoms with Crippen LogP contribution in [0.15, 0.2) is 30.5 Å². The molecular weight excluding hydrogens is 230 g/mol. The second-order valence-corrected chi connectivity index (χ2v) is 4.01. The Morgan fingerprint density at radius 2 is 2.44 bits per heavy atom. The van der Waals surface area contributed by atoms with Gasteiger partial charge in [0, 0.05) is 25.9 Å². The summed E-state index contributed by atoms with van der Waals surface area (Å²) in [5.74, 6) is -0.143. The molecule has 5 nitrogen and oxygen atoms in total. The molecule has 0 spiro atoms. The van der Waals surface area contributed by atoms with Crippen LogP contribution < -0.4 is 5.32 Å². The van der Waals surface area contributed by atoms with Gasteiger partial charge in [0.2, 0.25) is 5.91 Å². The predicted molar refractivity (Wildman–Crippen MR) is 70.9 cm³/mol. The number of nitrogens with zero attached hydrogens (tertiary/aromatic N) is 2. The topological polar surface area (TPSA) is 56.1 Å². The standard InChI is InChI=1S/C13H19N3O2/c1-11(2)10-18-9-8-14-13(17)5-4-12-6-7-15-16(12)3/h4-7H,1,8-10H2,2-3H3,(H,14,17)/b5-4+. The summed E-state index contributed by atoms with van der Waals surface area (Å²) in [5, 5.41) is 6.73. The van der Waals surface area contributed by atoms with Crippen LogP contribution in [0, 0.1) is 0 Å². The maximum atomic E-state index is 11.4. The third kappa shape index (κ3) is 5.45. The fourth-order valence-electron chi connectivity index (χ4n) is 1.26. The van der Waals surface area contributed by atoms with E-state index in [-0.39, 0.29) is 5.91 Å². The fourth-order valence-corrected chi connectivity index (χ4v) is 1.26. The molecule has 5 heteroatoms. The van der Waals surface area contributed by atoms with Gasteiger partial charge in [0.1, 0.15) is 0 Å². The van der Waals surface area contributed by atoms with Crippen molar-refractivity contribution in [3.05, 3.63) is 36.2 Å². The number of hydrogen-bond donors (Lipinski definition) is 1. The van der Waals surface area contributed by atoms with Gasteiger partial charge in [0.15, 0.2) is 0 Å². The van der Waals surface area contributed by atoms with E-state index in [1.165, 1.54) is 6.08 Å². The van der Waals surface area contributed by atoms with Gasteiger partial charge in [0.05, 0.1) is 18.9 Å². The first kappa shape index (κ1) is 14.2. The molecule has 0 unspecified atom stereocenters. The highest BCUT2D eigenvalue weighted by Crippen LogP contribution is 1.98. The van der Waals surface area contributed by atoms with Crippen LogP contribution in [0.1, 0.15) is 12.6 Å². The molecule has 1 rings (SSSR count). The van der Waals surface area contributed by atoms with Crippen molar-refractivity contribution in [2.24, 2.45) is 7.05 Å². The molecule has 0 aliphatic carbocycles. The smallest absolute Gasteiger partial charge is 0.244 e. The van der Waals surface area contributed by atoms with Crippen molar-refractivity contribution in [1.29, 1.82) is 0 Å². The van der Waals surface area contributed by atoms with E-state index in [2.05, 4.69) is 17.0 Å². The van der Waals surface area contributed by atoms with E-state index in [1.807, 2.05) is 20.0 Å². The van der Waals surface area contributed by atoms with Gasteiger partial charge in [-0.1, -0.05) is 12.2 Å². The van der Waals surface area contributed by atoms with Crippen molar-refractivity contribution in [2.75, 3.05) is 19.8 Å². The molecule has 0 aliphatic rings. The molecule has 0 saturated carbocycles. The Hall–Kier alpha value is -1.88. The molecular formula is C13H19N3O2. The van der Waals surface area contributed by atoms with Crippen molar-refractivity contribution in [3.63, 3.8) is 0 Å². The second-order valence-electron chi connectivity index (χ2n) is 4.01. The van der Waals surface area contributed by atoms with Crippen molar-refractivity contribution < 1.29 is 9.53 Å². The van der Waals surface area contributed by atoms with Crippen LogP contribution in [0.5, 0.6) is 0 Å². The quantitative estimate of drug-likeness (QED) is 0.448. The monoisotopic (exact) mass is 249 g/mol. The maximum Gasteiger partial charge on any atom is 0.244 e. The Balaban J connectivity index is 2.20. The van der Waals surface area contributed by atoms with Crippen LogP contribution in [0.25, 0.3) is 6.08 Å². The first-order chi connectivity index (χ1) is 8.59. The molecule has 1 aromatic rings. The number of ether oxygens (including phenoxy) is 1. The Bertz CT molecular complexity index is 435. The van der Waals surface area contributed by atoms with Gasteiger partial charge in [0.25, 0.3) is 0 Å². The zero-order valence-corrected chi connectivity index (χ0v) is 10.8.